The van der Waals surface area contributed by atoms with Gasteiger partial charge in [-0.25, -0.2) is 0 Å². The fourth-order valence-corrected chi connectivity index (χ4v) is 5.28. The molecule has 1 amide bonds. The van der Waals surface area contributed by atoms with Crippen LogP contribution in [0.2, 0.25) is 10.0 Å². The third-order valence-corrected chi connectivity index (χ3v) is 6.97. The van der Waals surface area contributed by atoms with E-state index in [-0.39, 0.29) is 23.9 Å². The van der Waals surface area contributed by atoms with Gasteiger partial charge >= 0.3 is 0 Å². The summed E-state index contributed by atoms with van der Waals surface area (Å²) in [5.74, 6) is 0.801. The lowest BCUT2D eigenvalue weighted by Gasteiger charge is -2.46. The molecule has 2 heterocycles. The topological polar surface area (TPSA) is 33.2 Å². The van der Waals surface area contributed by atoms with Crippen LogP contribution in [-0.2, 0) is 4.79 Å². The fourth-order valence-electron chi connectivity index (χ4n) is 4.96. The van der Waals surface area contributed by atoms with E-state index in [1.807, 2.05) is 48.7 Å². The van der Waals surface area contributed by atoms with Crippen LogP contribution in [-0.4, -0.2) is 15.8 Å². The number of likely N-dealkylation sites (tertiary alicyclic amines) is 1. The molecule has 2 aromatic carbocycles. The Labute approximate surface area is 193 Å². The Morgan fingerprint density at radius 3 is 2.35 bits per heavy atom. The zero-order chi connectivity index (χ0) is 21.4. The molecule has 0 spiro atoms. The van der Waals surface area contributed by atoms with E-state index < -0.39 is 0 Å². The highest BCUT2D eigenvalue weighted by atomic mass is 35.5. The third-order valence-electron chi connectivity index (χ3n) is 6.49. The smallest absolute Gasteiger partial charge is 0.223 e. The summed E-state index contributed by atoms with van der Waals surface area (Å²) in [5.41, 5.74) is 3.24. The molecular weight excluding hydrogens is 427 g/mol. The Kier molecular flexibility index (Phi) is 5.73. The van der Waals surface area contributed by atoms with Crippen LogP contribution in [0.3, 0.4) is 0 Å². The van der Waals surface area contributed by atoms with Gasteiger partial charge < -0.3 is 4.90 Å². The average Bonchev–Trinajstić information content (AvgIpc) is 3.62. The predicted octanol–water partition coefficient (Wildman–Crippen LogP) is 6.99. The monoisotopic (exact) mass is 450 g/mol. The van der Waals surface area contributed by atoms with Gasteiger partial charge in [-0.3, -0.25) is 9.78 Å². The molecule has 3 atom stereocenters. The van der Waals surface area contributed by atoms with Crippen molar-refractivity contribution in [2.75, 3.05) is 0 Å². The minimum Gasteiger partial charge on any atom is -0.326 e. The maximum Gasteiger partial charge on any atom is 0.223 e. The molecule has 1 saturated carbocycles. The molecule has 1 saturated heterocycles. The highest BCUT2D eigenvalue weighted by molar-refractivity contribution is 6.30. The first kappa shape index (κ1) is 20.5. The number of aromatic nitrogens is 1. The van der Waals surface area contributed by atoms with Crippen molar-refractivity contribution < 1.29 is 4.79 Å². The summed E-state index contributed by atoms with van der Waals surface area (Å²) in [6.45, 7) is 0. The van der Waals surface area contributed by atoms with Crippen LogP contribution in [0.1, 0.15) is 60.5 Å². The Balaban J connectivity index is 1.64. The Hall–Kier alpha value is -2.36. The minimum atomic E-state index is -0.0930. The van der Waals surface area contributed by atoms with Crippen LogP contribution < -0.4 is 0 Å². The van der Waals surface area contributed by atoms with E-state index in [0.717, 1.165) is 35.5 Å². The van der Waals surface area contributed by atoms with E-state index in [4.69, 9.17) is 23.2 Å². The number of hydrogen-bond donors (Lipinski definition) is 0. The number of rotatable bonds is 5. The van der Waals surface area contributed by atoms with E-state index in [0.29, 0.717) is 17.4 Å². The van der Waals surface area contributed by atoms with Crippen molar-refractivity contribution in [1.29, 1.82) is 0 Å². The van der Waals surface area contributed by atoms with Crippen molar-refractivity contribution in [3.63, 3.8) is 0 Å². The second-order valence-electron chi connectivity index (χ2n) is 8.53. The zero-order valence-electron chi connectivity index (χ0n) is 17.1. The fraction of sp³-hybridized carbons (Fsp3) is 0.308. The summed E-state index contributed by atoms with van der Waals surface area (Å²) >= 11 is 12.6. The lowest BCUT2D eigenvalue weighted by molar-refractivity contribution is -0.142. The molecule has 0 N–H and O–H groups in total. The van der Waals surface area contributed by atoms with Gasteiger partial charge in [-0.15, -0.1) is 0 Å². The first-order chi connectivity index (χ1) is 15.1. The van der Waals surface area contributed by atoms with Gasteiger partial charge in [0, 0.05) is 28.6 Å². The second-order valence-corrected chi connectivity index (χ2v) is 9.41. The second kappa shape index (κ2) is 8.64. The number of benzene rings is 2. The Morgan fingerprint density at radius 2 is 1.68 bits per heavy atom. The van der Waals surface area contributed by atoms with E-state index >= 15 is 0 Å². The molecule has 31 heavy (non-hydrogen) atoms. The van der Waals surface area contributed by atoms with Crippen LogP contribution in [0, 0.1) is 5.92 Å². The molecule has 2 unspecified atom stereocenters. The SMILES string of the molecule is O=C1CCC(c2cccc(Cl)c2)C(c2ccc(Cl)cc2)N1[C@@H](c1ccccn1)C1CC1. The molecule has 1 aliphatic carbocycles. The predicted molar refractivity (Wildman–Crippen MR) is 124 cm³/mol. The minimum absolute atomic E-state index is 0.0173. The number of carbonyl (C=O) groups excluding carboxylic acids is 1. The van der Waals surface area contributed by atoms with Crippen LogP contribution >= 0.6 is 23.2 Å². The summed E-state index contributed by atoms with van der Waals surface area (Å²) in [6, 6.07) is 21.9. The molecule has 3 aromatic rings. The number of nitrogens with zero attached hydrogens (tertiary/aromatic N) is 2. The first-order valence-corrected chi connectivity index (χ1v) is 11.6. The molecule has 1 aromatic heterocycles. The van der Waals surface area contributed by atoms with Crippen molar-refractivity contribution in [1.82, 2.24) is 9.88 Å². The molecule has 0 bridgehead atoms. The van der Waals surface area contributed by atoms with Crippen molar-refractivity contribution in [2.24, 2.45) is 5.92 Å². The van der Waals surface area contributed by atoms with Crippen LogP contribution in [0.25, 0.3) is 0 Å². The molecule has 5 rings (SSSR count). The van der Waals surface area contributed by atoms with Gasteiger partial charge in [0.05, 0.1) is 17.8 Å². The van der Waals surface area contributed by atoms with Crippen LogP contribution in [0.5, 0.6) is 0 Å². The van der Waals surface area contributed by atoms with E-state index in [2.05, 4.69) is 34.1 Å². The molecule has 3 nitrogen and oxygen atoms in total. The maximum atomic E-state index is 13.5. The molecule has 5 heteroatoms. The summed E-state index contributed by atoms with van der Waals surface area (Å²) < 4.78 is 0. The highest BCUT2D eigenvalue weighted by Crippen LogP contribution is 2.52. The summed E-state index contributed by atoms with van der Waals surface area (Å²) in [7, 11) is 0. The number of hydrogen-bond acceptors (Lipinski definition) is 2. The summed E-state index contributed by atoms with van der Waals surface area (Å²) in [6.07, 6.45) is 5.39. The quantitative estimate of drug-likeness (QED) is 0.419. The average molecular weight is 451 g/mol. The van der Waals surface area contributed by atoms with Gasteiger partial charge in [-0.1, -0.05) is 53.5 Å². The number of carbonyl (C=O) groups is 1. The summed E-state index contributed by atoms with van der Waals surface area (Å²) in [5, 5.41) is 1.42. The number of halogens is 2. The largest absolute Gasteiger partial charge is 0.326 e. The number of piperidine rings is 1. The molecular formula is C26H24Cl2N2O. The normalized spacial score (nSPS) is 22.4. The van der Waals surface area contributed by atoms with Crippen LogP contribution in [0.15, 0.2) is 72.9 Å². The number of amides is 1. The summed E-state index contributed by atoms with van der Waals surface area (Å²) in [4.78, 5) is 20.3. The van der Waals surface area contributed by atoms with Crippen molar-refractivity contribution in [2.45, 2.75) is 43.7 Å². The Bertz CT molecular complexity index is 1070. The first-order valence-electron chi connectivity index (χ1n) is 10.8. The van der Waals surface area contributed by atoms with Gasteiger partial charge in [0.1, 0.15) is 0 Å². The Morgan fingerprint density at radius 1 is 0.871 bits per heavy atom. The van der Waals surface area contributed by atoms with Crippen LogP contribution in [0.4, 0.5) is 0 Å². The van der Waals surface area contributed by atoms with Gasteiger partial charge in [-0.05, 0) is 72.7 Å². The van der Waals surface area contributed by atoms with Gasteiger partial charge in [-0.2, -0.15) is 0 Å². The third kappa shape index (κ3) is 4.22. The molecule has 1 aliphatic heterocycles. The maximum absolute atomic E-state index is 13.5. The lowest BCUT2D eigenvalue weighted by Crippen LogP contribution is -2.45. The molecule has 158 valence electrons. The molecule has 2 aliphatic rings. The standard InChI is InChI=1S/C26H24Cl2N2O/c27-20-11-9-17(10-12-20)25-22(19-4-3-5-21(28)16-19)13-14-24(31)30(25)26(18-7-8-18)23-6-1-2-15-29-23/h1-6,9-12,15-16,18,22,25-26H,7-8,13-14H2/t22?,25?,26-/m1/s1. The van der Waals surface area contributed by atoms with Gasteiger partial charge in [0.25, 0.3) is 0 Å². The van der Waals surface area contributed by atoms with Crippen molar-refractivity contribution >= 4 is 29.1 Å². The van der Waals surface area contributed by atoms with E-state index in [1.54, 1.807) is 0 Å². The molecule has 0 radical (unpaired) electrons. The molecule has 2 fully saturated rings. The number of pyridine rings is 1. The van der Waals surface area contributed by atoms with Crippen molar-refractivity contribution in [3.8, 4) is 0 Å². The van der Waals surface area contributed by atoms with Gasteiger partial charge in [0.15, 0.2) is 0 Å². The lowest BCUT2D eigenvalue weighted by atomic mass is 9.78. The van der Waals surface area contributed by atoms with Crippen molar-refractivity contribution in [3.05, 3.63) is 99.8 Å². The zero-order valence-corrected chi connectivity index (χ0v) is 18.6. The van der Waals surface area contributed by atoms with Gasteiger partial charge in [0.2, 0.25) is 5.91 Å². The van der Waals surface area contributed by atoms with E-state index in [1.165, 1.54) is 5.56 Å². The van der Waals surface area contributed by atoms with E-state index in [9.17, 15) is 4.79 Å². The highest BCUT2D eigenvalue weighted by Gasteiger charge is 2.47.